The summed E-state index contributed by atoms with van der Waals surface area (Å²) in [6.07, 6.45) is 0. The van der Waals surface area contributed by atoms with E-state index in [0.29, 0.717) is 5.13 Å². The Morgan fingerprint density at radius 1 is 1.30 bits per heavy atom. The molecule has 2 aromatic rings. The maximum absolute atomic E-state index is 11.5. The van der Waals surface area contributed by atoms with Crippen LogP contribution in [0.2, 0.25) is 0 Å². The van der Waals surface area contributed by atoms with E-state index in [4.69, 9.17) is 16.3 Å². The molecule has 7 heteroatoms. The number of hydrogen-bond acceptors (Lipinski definition) is 5. The molecule has 1 fully saturated rings. The zero-order valence-electron chi connectivity index (χ0n) is 12.6. The smallest absolute Gasteiger partial charge is 0.241 e. The number of rotatable bonds is 5. The number of benzene rings is 1. The fraction of sp³-hybridized carbons (Fsp3) is 0.375. The highest BCUT2D eigenvalue weighted by molar-refractivity contribution is 7.16. The summed E-state index contributed by atoms with van der Waals surface area (Å²) in [6.45, 7) is 4.15. The number of aromatic nitrogens is 1. The zero-order valence-corrected chi connectivity index (χ0v) is 14.2. The van der Waals surface area contributed by atoms with Gasteiger partial charge in [-0.2, -0.15) is 0 Å². The first-order valence-electron chi connectivity index (χ1n) is 7.47. The van der Waals surface area contributed by atoms with Gasteiger partial charge in [0.2, 0.25) is 5.91 Å². The van der Waals surface area contributed by atoms with Crippen molar-refractivity contribution in [2.45, 2.75) is 6.54 Å². The van der Waals surface area contributed by atoms with Gasteiger partial charge in [0.1, 0.15) is 5.88 Å². The van der Waals surface area contributed by atoms with Crippen LogP contribution in [0.5, 0.6) is 0 Å². The topological polar surface area (TPSA) is 54.5 Å². The van der Waals surface area contributed by atoms with E-state index in [2.05, 4.69) is 15.2 Å². The predicted molar refractivity (Wildman–Crippen MR) is 93.0 cm³/mol. The Morgan fingerprint density at radius 2 is 2.04 bits per heavy atom. The van der Waals surface area contributed by atoms with Crippen molar-refractivity contribution in [1.82, 2.24) is 9.88 Å². The van der Waals surface area contributed by atoms with Gasteiger partial charge in [0.05, 0.1) is 18.9 Å². The van der Waals surface area contributed by atoms with E-state index in [1.165, 1.54) is 11.3 Å². The molecule has 0 atom stereocenters. The van der Waals surface area contributed by atoms with E-state index in [9.17, 15) is 4.79 Å². The minimum atomic E-state index is -0.238. The number of carbonyl (C=O) groups excluding carboxylic acids is 1. The molecule has 1 aromatic carbocycles. The van der Waals surface area contributed by atoms with Crippen LogP contribution in [-0.4, -0.2) is 48.0 Å². The molecule has 0 radical (unpaired) electrons. The Bertz CT molecular complexity index is 657. The molecular formula is C16H18ClN3O2S. The molecule has 3 rings (SSSR count). The van der Waals surface area contributed by atoms with Gasteiger partial charge in [-0.25, -0.2) is 4.98 Å². The third-order valence-corrected chi connectivity index (χ3v) is 4.78. The monoisotopic (exact) mass is 351 g/mol. The summed E-state index contributed by atoms with van der Waals surface area (Å²) < 4.78 is 5.40. The van der Waals surface area contributed by atoms with Crippen LogP contribution in [0.1, 0.15) is 4.88 Å². The maximum atomic E-state index is 11.5. The summed E-state index contributed by atoms with van der Waals surface area (Å²) in [6, 6.07) is 10.0. The lowest BCUT2D eigenvalue weighted by Crippen LogP contribution is -2.35. The average Bonchev–Trinajstić information content (AvgIpc) is 2.98. The first kappa shape index (κ1) is 16.4. The Hall–Kier alpha value is -1.47. The standard InChI is InChI=1S/C16H18ClN3O2S/c17-10-14(21)18-16-19-15(12-4-2-1-3-5-12)13(23-16)11-20-6-8-22-9-7-20/h1-5H,6-11H2,(H,18,19,21). The van der Waals surface area contributed by atoms with Gasteiger partial charge in [0.25, 0.3) is 0 Å². The summed E-state index contributed by atoms with van der Waals surface area (Å²) in [5, 5.41) is 3.35. The van der Waals surface area contributed by atoms with E-state index < -0.39 is 0 Å². The highest BCUT2D eigenvalue weighted by Crippen LogP contribution is 2.32. The Kier molecular flexibility index (Phi) is 5.61. The van der Waals surface area contributed by atoms with Crippen LogP contribution in [-0.2, 0) is 16.1 Å². The molecule has 0 saturated carbocycles. The molecule has 2 heterocycles. The van der Waals surface area contributed by atoms with Gasteiger partial charge in [-0.3, -0.25) is 9.69 Å². The molecule has 122 valence electrons. The number of hydrogen-bond donors (Lipinski definition) is 1. The Morgan fingerprint density at radius 3 is 2.74 bits per heavy atom. The van der Waals surface area contributed by atoms with E-state index >= 15 is 0 Å². The lowest BCUT2D eigenvalue weighted by atomic mass is 10.1. The van der Waals surface area contributed by atoms with Crippen molar-refractivity contribution in [1.29, 1.82) is 0 Å². The maximum Gasteiger partial charge on any atom is 0.241 e. The summed E-state index contributed by atoms with van der Waals surface area (Å²) in [7, 11) is 0. The van der Waals surface area contributed by atoms with Gasteiger partial charge in [0, 0.05) is 30.1 Å². The lowest BCUT2D eigenvalue weighted by molar-refractivity contribution is -0.113. The van der Waals surface area contributed by atoms with E-state index in [0.717, 1.165) is 49.0 Å². The number of thiazole rings is 1. The van der Waals surface area contributed by atoms with Crippen LogP contribution in [0.4, 0.5) is 5.13 Å². The summed E-state index contributed by atoms with van der Waals surface area (Å²) in [5.41, 5.74) is 1.98. The third kappa shape index (κ3) is 4.29. The second-order valence-corrected chi connectivity index (χ2v) is 6.58. The fourth-order valence-corrected chi connectivity index (χ4v) is 3.56. The molecule has 1 N–H and O–H groups in total. The minimum absolute atomic E-state index is 0.0704. The summed E-state index contributed by atoms with van der Waals surface area (Å²) in [5.74, 6) is -0.308. The van der Waals surface area contributed by atoms with Gasteiger partial charge in [-0.1, -0.05) is 41.7 Å². The van der Waals surface area contributed by atoms with E-state index in [-0.39, 0.29) is 11.8 Å². The van der Waals surface area contributed by atoms with Gasteiger partial charge in [0.15, 0.2) is 5.13 Å². The second kappa shape index (κ2) is 7.88. The number of amides is 1. The van der Waals surface area contributed by atoms with Gasteiger partial charge in [-0.15, -0.1) is 11.6 Å². The number of ether oxygens (including phenoxy) is 1. The van der Waals surface area contributed by atoms with Crippen LogP contribution in [0, 0.1) is 0 Å². The number of nitrogens with zero attached hydrogens (tertiary/aromatic N) is 2. The molecule has 1 aromatic heterocycles. The summed E-state index contributed by atoms with van der Waals surface area (Å²) in [4.78, 5) is 19.6. The normalized spacial score (nSPS) is 15.5. The van der Waals surface area contributed by atoms with Crippen LogP contribution in [0.25, 0.3) is 11.3 Å². The third-order valence-electron chi connectivity index (χ3n) is 3.58. The lowest BCUT2D eigenvalue weighted by Gasteiger charge is -2.26. The number of alkyl halides is 1. The largest absolute Gasteiger partial charge is 0.379 e. The van der Waals surface area contributed by atoms with Crippen molar-refractivity contribution in [3.05, 3.63) is 35.2 Å². The van der Waals surface area contributed by atoms with Gasteiger partial charge in [-0.05, 0) is 0 Å². The Balaban J connectivity index is 1.86. The molecule has 0 spiro atoms. The van der Waals surface area contributed by atoms with Crippen molar-refractivity contribution in [2.24, 2.45) is 0 Å². The van der Waals surface area contributed by atoms with Crippen LogP contribution >= 0.6 is 22.9 Å². The minimum Gasteiger partial charge on any atom is -0.379 e. The van der Waals surface area contributed by atoms with Gasteiger partial charge >= 0.3 is 0 Å². The molecule has 1 aliphatic rings. The molecule has 1 saturated heterocycles. The van der Waals surface area contributed by atoms with Crippen molar-refractivity contribution in [3.8, 4) is 11.3 Å². The number of morpholine rings is 1. The number of anilines is 1. The molecule has 1 aliphatic heterocycles. The number of carbonyl (C=O) groups is 1. The van der Waals surface area contributed by atoms with Crippen LogP contribution in [0.3, 0.4) is 0 Å². The average molecular weight is 352 g/mol. The quantitative estimate of drug-likeness (QED) is 0.842. The summed E-state index contributed by atoms with van der Waals surface area (Å²) >= 11 is 7.07. The van der Waals surface area contributed by atoms with Crippen molar-refractivity contribution in [2.75, 3.05) is 37.5 Å². The second-order valence-electron chi connectivity index (χ2n) is 5.23. The molecule has 23 heavy (non-hydrogen) atoms. The van der Waals surface area contributed by atoms with Crippen molar-refractivity contribution >= 4 is 34.0 Å². The van der Waals surface area contributed by atoms with Crippen molar-refractivity contribution in [3.63, 3.8) is 0 Å². The SMILES string of the molecule is O=C(CCl)Nc1nc(-c2ccccc2)c(CN2CCOCC2)s1. The van der Waals surface area contributed by atoms with Crippen molar-refractivity contribution < 1.29 is 9.53 Å². The van der Waals surface area contributed by atoms with E-state index in [1.54, 1.807) is 0 Å². The zero-order chi connectivity index (χ0) is 16.1. The molecule has 0 aliphatic carbocycles. The van der Waals surface area contributed by atoms with Crippen LogP contribution in [0.15, 0.2) is 30.3 Å². The Labute approximate surface area is 144 Å². The molecule has 0 bridgehead atoms. The first-order valence-corrected chi connectivity index (χ1v) is 8.82. The highest BCUT2D eigenvalue weighted by atomic mass is 35.5. The van der Waals surface area contributed by atoms with E-state index in [1.807, 2.05) is 30.3 Å². The van der Waals surface area contributed by atoms with Crippen LogP contribution < -0.4 is 5.32 Å². The molecule has 1 amide bonds. The molecule has 0 unspecified atom stereocenters. The van der Waals surface area contributed by atoms with Gasteiger partial charge < -0.3 is 10.1 Å². The molecule has 5 nitrogen and oxygen atoms in total. The highest BCUT2D eigenvalue weighted by Gasteiger charge is 2.18. The fourth-order valence-electron chi connectivity index (χ4n) is 2.45. The first-order chi connectivity index (χ1) is 11.3. The number of halogens is 1. The number of nitrogens with one attached hydrogen (secondary N) is 1. The molecular weight excluding hydrogens is 334 g/mol. The predicted octanol–water partition coefficient (Wildman–Crippen LogP) is 2.82.